The summed E-state index contributed by atoms with van der Waals surface area (Å²) < 4.78 is 5.46. The second-order valence-electron chi connectivity index (χ2n) is 3.56. The zero-order valence-corrected chi connectivity index (χ0v) is 8.86. The molecule has 0 radical (unpaired) electrons. The van der Waals surface area contributed by atoms with E-state index in [0.717, 1.165) is 26.2 Å². The van der Waals surface area contributed by atoms with Crippen LogP contribution in [0.4, 0.5) is 0 Å². The number of ether oxygens (including phenoxy) is 1. The van der Waals surface area contributed by atoms with Crippen molar-refractivity contribution in [3.05, 3.63) is 12.4 Å². The lowest BCUT2D eigenvalue weighted by Crippen LogP contribution is -2.25. The fourth-order valence-corrected chi connectivity index (χ4v) is 1.45. The molecule has 1 aliphatic rings. The molecule has 0 aromatic rings. The highest BCUT2D eigenvalue weighted by Gasteiger charge is 2.09. The molecule has 0 saturated carbocycles. The minimum Gasteiger partial charge on any atom is -0.379 e. The van der Waals surface area contributed by atoms with Crippen molar-refractivity contribution in [1.29, 1.82) is 0 Å². The van der Waals surface area contributed by atoms with Crippen LogP contribution in [0.5, 0.6) is 0 Å². The van der Waals surface area contributed by atoms with E-state index >= 15 is 0 Å². The van der Waals surface area contributed by atoms with Gasteiger partial charge in [-0.2, -0.15) is 0 Å². The summed E-state index contributed by atoms with van der Waals surface area (Å²) in [6.07, 6.45) is 5.72. The molecule has 0 N–H and O–H groups in total. The highest BCUT2D eigenvalue weighted by Crippen LogP contribution is 2.06. The van der Waals surface area contributed by atoms with Gasteiger partial charge in [0.1, 0.15) is 0 Å². The van der Waals surface area contributed by atoms with Gasteiger partial charge in [-0.05, 0) is 20.3 Å². The molecule has 1 rings (SSSR count). The smallest absolute Gasteiger partial charge is 0.0890 e. The predicted molar refractivity (Wildman–Crippen MR) is 54.2 cm³/mol. The van der Waals surface area contributed by atoms with Crippen molar-refractivity contribution in [3.63, 3.8) is 0 Å². The Labute approximate surface area is 81.0 Å². The molecular weight excluding hydrogens is 164 g/mol. The predicted octanol–water partition coefficient (Wildman–Crippen LogP) is 1.48. The van der Waals surface area contributed by atoms with Crippen LogP contribution in [0.25, 0.3) is 0 Å². The second-order valence-corrected chi connectivity index (χ2v) is 3.56. The first-order valence-electron chi connectivity index (χ1n) is 4.96. The van der Waals surface area contributed by atoms with Crippen LogP contribution in [-0.4, -0.2) is 42.8 Å². The molecular formula is C10H20N2O. The molecule has 0 aromatic heterocycles. The molecule has 76 valence electrons. The molecule has 0 aromatic carbocycles. The summed E-state index contributed by atoms with van der Waals surface area (Å²) in [6.45, 7) is 7.09. The van der Waals surface area contributed by atoms with E-state index in [2.05, 4.69) is 36.2 Å². The molecule has 0 fully saturated rings. The monoisotopic (exact) mass is 184 g/mol. The van der Waals surface area contributed by atoms with Gasteiger partial charge in [-0.15, -0.1) is 0 Å². The Hall–Kier alpha value is -0.700. The first kappa shape index (κ1) is 10.4. The topological polar surface area (TPSA) is 15.7 Å². The number of hydrogen-bond acceptors (Lipinski definition) is 3. The summed E-state index contributed by atoms with van der Waals surface area (Å²) in [6, 6.07) is 0. The Bertz CT molecular complexity index is 170. The van der Waals surface area contributed by atoms with Crippen LogP contribution >= 0.6 is 0 Å². The van der Waals surface area contributed by atoms with E-state index in [4.69, 9.17) is 4.74 Å². The largest absolute Gasteiger partial charge is 0.379 e. The van der Waals surface area contributed by atoms with Gasteiger partial charge in [-0.1, -0.05) is 0 Å². The third-order valence-corrected chi connectivity index (χ3v) is 2.21. The first-order chi connectivity index (χ1) is 6.22. The van der Waals surface area contributed by atoms with E-state index in [0.29, 0.717) is 6.10 Å². The molecule has 0 bridgehead atoms. The van der Waals surface area contributed by atoms with Crippen LogP contribution in [0.1, 0.15) is 20.3 Å². The fraction of sp³-hybridized carbons (Fsp3) is 0.800. The van der Waals surface area contributed by atoms with Gasteiger partial charge in [0.05, 0.1) is 12.8 Å². The van der Waals surface area contributed by atoms with Crippen molar-refractivity contribution in [3.8, 4) is 0 Å². The maximum atomic E-state index is 5.46. The van der Waals surface area contributed by atoms with Gasteiger partial charge < -0.3 is 14.5 Å². The zero-order valence-electron chi connectivity index (χ0n) is 8.86. The van der Waals surface area contributed by atoms with Gasteiger partial charge in [-0.25, -0.2) is 0 Å². The third-order valence-electron chi connectivity index (χ3n) is 2.21. The normalized spacial score (nSPS) is 18.4. The fourth-order valence-electron chi connectivity index (χ4n) is 1.45. The second kappa shape index (κ2) is 5.12. The Kier molecular flexibility index (Phi) is 4.09. The van der Waals surface area contributed by atoms with E-state index in [1.807, 2.05) is 6.92 Å². The molecule has 1 unspecified atom stereocenters. The quantitative estimate of drug-likeness (QED) is 0.643. The van der Waals surface area contributed by atoms with Gasteiger partial charge >= 0.3 is 0 Å². The standard InChI is InChI=1S/C10H20N2O/c1-4-13-10(2)5-6-12-8-7-11(3)9-12/h7-8,10H,4-6,9H2,1-3H3. The average molecular weight is 184 g/mol. The van der Waals surface area contributed by atoms with Crippen LogP contribution in [0.3, 0.4) is 0 Å². The van der Waals surface area contributed by atoms with E-state index in [1.165, 1.54) is 0 Å². The SMILES string of the molecule is CCOC(C)CCN1C=CN(C)C1. The Morgan fingerprint density at radius 2 is 2.23 bits per heavy atom. The van der Waals surface area contributed by atoms with Crippen molar-refractivity contribution < 1.29 is 4.74 Å². The lowest BCUT2D eigenvalue weighted by Gasteiger charge is -2.20. The minimum absolute atomic E-state index is 0.379. The Balaban J connectivity index is 2.09. The van der Waals surface area contributed by atoms with Crippen molar-refractivity contribution in [2.45, 2.75) is 26.4 Å². The lowest BCUT2D eigenvalue weighted by atomic mass is 10.3. The van der Waals surface area contributed by atoms with Crippen LogP contribution in [-0.2, 0) is 4.74 Å². The van der Waals surface area contributed by atoms with E-state index in [-0.39, 0.29) is 0 Å². The molecule has 1 atom stereocenters. The lowest BCUT2D eigenvalue weighted by molar-refractivity contribution is 0.0639. The van der Waals surface area contributed by atoms with Crippen molar-refractivity contribution in [1.82, 2.24) is 9.80 Å². The van der Waals surface area contributed by atoms with E-state index in [1.54, 1.807) is 0 Å². The summed E-state index contributed by atoms with van der Waals surface area (Å²) in [5.74, 6) is 0. The molecule has 0 aliphatic carbocycles. The van der Waals surface area contributed by atoms with Crippen LogP contribution in [0.2, 0.25) is 0 Å². The number of rotatable bonds is 5. The molecule has 1 aliphatic heterocycles. The van der Waals surface area contributed by atoms with Crippen LogP contribution < -0.4 is 0 Å². The molecule has 0 spiro atoms. The minimum atomic E-state index is 0.379. The van der Waals surface area contributed by atoms with Gasteiger partial charge in [0.15, 0.2) is 0 Å². The average Bonchev–Trinajstić information content (AvgIpc) is 2.49. The van der Waals surface area contributed by atoms with Crippen molar-refractivity contribution >= 4 is 0 Å². The first-order valence-corrected chi connectivity index (χ1v) is 4.96. The highest BCUT2D eigenvalue weighted by atomic mass is 16.5. The summed E-state index contributed by atoms with van der Waals surface area (Å²) in [5.41, 5.74) is 0. The van der Waals surface area contributed by atoms with Crippen molar-refractivity contribution in [2.24, 2.45) is 0 Å². The zero-order chi connectivity index (χ0) is 9.68. The summed E-state index contributed by atoms with van der Waals surface area (Å²) in [4.78, 5) is 4.47. The van der Waals surface area contributed by atoms with Crippen LogP contribution in [0.15, 0.2) is 12.4 Å². The third kappa shape index (κ3) is 3.68. The molecule has 0 saturated heterocycles. The van der Waals surface area contributed by atoms with Gasteiger partial charge in [-0.3, -0.25) is 0 Å². The van der Waals surface area contributed by atoms with Gasteiger partial charge in [0, 0.05) is 32.6 Å². The molecule has 1 heterocycles. The van der Waals surface area contributed by atoms with E-state index in [9.17, 15) is 0 Å². The highest BCUT2D eigenvalue weighted by molar-refractivity contribution is 4.88. The van der Waals surface area contributed by atoms with E-state index < -0.39 is 0 Å². The molecule has 3 heteroatoms. The summed E-state index contributed by atoms with van der Waals surface area (Å²) in [7, 11) is 2.09. The molecule has 0 amide bonds. The van der Waals surface area contributed by atoms with Gasteiger partial charge in [0.25, 0.3) is 0 Å². The summed E-state index contributed by atoms with van der Waals surface area (Å²) >= 11 is 0. The van der Waals surface area contributed by atoms with Crippen LogP contribution in [0, 0.1) is 0 Å². The van der Waals surface area contributed by atoms with Gasteiger partial charge in [0.2, 0.25) is 0 Å². The maximum absolute atomic E-state index is 5.46. The Morgan fingerprint density at radius 1 is 1.46 bits per heavy atom. The molecule has 3 nitrogen and oxygen atoms in total. The number of nitrogens with zero attached hydrogens (tertiary/aromatic N) is 2. The molecule has 13 heavy (non-hydrogen) atoms. The summed E-state index contributed by atoms with van der Waals surface area (Å²) in [5, 5.41) is 0. The number of hydrogen-bond donors (Lipinski definition) is 0. The van der Waals surface area contributed by atoms with Crippen molar-refractivity contribution in [2.75, 3.05) is 26.9 Å². The maximum Gasteiger partial charge on any atom is 0.0890 e. The Morgan fingerprint density at radius 3 is 2.77 bits per heavy atom.